The van der Waals surface area contributed by atoms with Crippen molar-refractivity contribution in [1.29, 1.82) is 0 Å². The molecule has 0 amide bonds. The minimum Gasteiger partial charge on any atom is -0.314 e. The van der Waals surface area contributed by atoms with E-state index in [4.69, 9.17) is 11.6 Å². The van der Waals surface area contributed by atoms with Gasteiger partial charge < -0.3 is 10.6 Å². The molecule has 0 radical (unpaired) electrons. The number of hydrogen-bond acceptors (Lipinski definition) is 3. The molecule has 1 fully saturated rings. The van der Waals surface area contributed by atoms with E-state index >= 15 is 0 Å². The third-order valence-corrected chi connectivity index (χ3v) is 2.52. The highest BCUT2D eigenvalue weighted by Gasteiger charge is 2.16. The van der Waals surface area contributed by atoms with E-state index in [1.165, 1.54) is 0 Å². The van der Waals surface area contributed by atoms with Crippen LogP contribution in [0, 0.1) is 0 Å². The van der Waals surface area contributed by atoms with Crippen molar-refractivity contribution in [3.05, 3.63) is 29.0 Å². The summed E-state index contributed by atoms with van der Waals surface area (Å²) in [4.78, 5) is 4.05. The molecule has 1 saturated heterocycles. The molecule has 0 aliphatic carbocycles. The molecule has 2 N–H and O–H groups in total. The maximum absolute atomic E-state index is 5.98. The number of halogens is 4. The Labute approximate surface area is 119 Å². The van der Waals surface area contributed by atoms with Gasteiger partial charge in [0.25, 0.3) is 0 Å². The van der Waals surface area contributed by atoms with Gasteiger partial charge in [-0.15, -0.1) is 37.2 Å². The van der Waals surface area contributed by atoms with Gasteiger partial charge in [0.15, 0.2) is 0 Å². The number of piperazine rings is 1. The Morgan fingerprint density at radius 1 is 1.25 bits per heavy atom. The summed E-state index contributed by atoms with van der Waals surface area (Å²) in [5.41, 5.74) is 1.08. The van der Waals surface area contributed by atoms with Crippen LogP contribution in [0.3, 0.4) is 0 Å². The molecule has 2 rings (SSSR count). The van der Waals surface area contributed by atoms with E-state index in [2.05, 4.69) is 15.6 Å². The summed E-state index contributed by atoms with van der Waals surface area (Å²) >= 11 is 5.98. The second-order valence-corrected chi connectivity index (χ2v) is 3.45. The Morgan fingerprint density at radius 2 is 2.00 bits per heavy atom. The average Bonchev–Trinajstić information content (AvgIpc) is 2.20. The number of nitrogens with zero attached hydrogens (tertiary/aromatic N) is 1. The molecule has 1 aromatic heterocycles. The SMILES string of the molecule is Cl.Cl.Cl.Clc1ncccc1C1CNCCN1. The molecule has 1 aliphatic heterocycles. The maximum atomic E-state index is 5.98. The Bertz CT molecular complexity index is 292. The van der Waals surface area contributed by atoms with Crippen molar-refractivity contribution in [1.82, 2.24) is 15.6 Å². The molecule has 94 valence electrons. The van der Waals surface area contributed by atoms with Gasteiger partial charge in [-0.05, 0) is 6.07 Å². The molecule has 1 aromatic rings. The maximum Gasteiger partial charge on any atom is 0.133 e. The third kappa shape index (κ3) is 4.62. The molecular formula is C9H15Cl4N3. The molecule has 2 heterocycles. The van der Waals surface area contributed by atoms with Gasteiger partial charge in [-0.25, -0.2) is 4.98 Å². The number of nitrogens with one attached hydrogen (secondary N) is 2. The first-order valence-corrected chi connectivity index (χ1v) is 4.80. The monoisotopic (exact) mass is 305 g/mol. The Kier molecular flexibility index (Phi) is 10.8. The van der Waals surface area contributed by atoms with E-state index < -0.39 is 0 Å². The zero-order valence-corrected chi connectivity index (χ0v) is 11.7. The van der Waals surface area contributed by atoms with E-state index in [0.717, 1.165) is 25.2 Å². The van der Waals surface area contributed by atoms with Crippen LogP contribution in [0.25, 0.3) is 0 Å². The van der Waals surface area contributed by atoms with Gasteiger partial charge in [0.1, 0.15) is 5.15 Å². The fourth-order valence-corrected chi connectivity index (χ4v) is 1.78. The van der Waals surface area contributed by atoms with E-state index in [0.29, 0.717) is 11.2 Å². The van der Waals surface area contributed by atoms with Crippen molar-refractivity contribution in [2.24, 2.45) is 0 Å². The fourth-order valence-electron chi connectivity index (χ4n) is 1.53. The third-order valence-electron chi connectivity index (χ3n) is 2.20. The van der Waals surface area contributed by atoms with Gasteiger partial charge in [0.2, 0.25) is 0 Å². The predicted octanol–water partition coefficient (Wildman–Crippen LogP) is 2.23. The van der Waals surface area contributed by atoms with Crippen molar-refractivity contribution >= 4 is 48.8 Å². The summed E-state index contributed by atoms with van der Waals surface area (Å²) in [6.45, 7) is 2.93. The second kappa shape index (κ2) is 9.28. The van der Waals surface area contributed by atoms with Crippen LogP contribution >= 0.6 is 48.8 Å². The first-order valence-electron chi connectivity index (χ1n) is 4.42. The highest BCUT2D eigenvalue weighted by Crippen LogP contribution is 2.20. The highest BCUT2D eigenvalue weighted by atomic mass is 35.5. The van der Waals surface area contributed by atoms with Crippen molar-refractivity contribution in [2.45, 2.75) is 6.04 Å². The molecule has 1 atom stereocenters. The van der Waals surface area contributed by atoms with Crippen LogP contribution in [-0.2, 0) is 0 Å². The molecule has 16 heavy (non-hydrogen) atoms. The zero-order valence-electron chi connectivity index (χ0n) is 8.48. The number of pyridine rings is 1. The summed E-state index contributed by atoms with van der Waals surface area (Å²) in [6, 6.07) is 4.23. The van der Waals surface area contributed by atoms with Gasteiger partial charge in [0, 0.05) is 37.4 Å². The number of rotatable bonds is 1. The van der Waals surface area contributed by atoms with Crippen LogP contribution in [0.5, 0.6) is 0 Å². The largest absolute Gasteiger partial charge is 0.314 e. The normalized spacial score (nSPS) is 18.7. The van der Waals surface area contributed by atoms with E-state index in [-0.39, 0.29) is 37.2 Å². The summed E-state index contributed by atoms with van der Waals surface area (Å²) in [5, 5.41) is 7.30. The molecule has 0 spiro atoms. The minimum atomic E-state index is 0. The lowest BCUT2D eigenvalue weighted by atomic mass is 10.1. The molecule has 0 aromatic carbocycles. The molecular weight excluding hydrogens is 292 g/mol. The van der Waals surface area contributed by atoms with Crippen molar-refractivity contribution in [3.8, 4) is 0 Å². The lowest BCUT2D eigenvalue weighted by molar-refractivity contribution is 0.429. The van der Waals surface area contributed by atoms with Gasteiger partial charge in [0.05, 0.1) is 0 Å². The number of hydrogen-bond donors (Lipinski definition) is 2. The van der Waals surface area contributed by atoms with Crippen LogP contribution < -0.4 is 10.6 Å². The first kappa shape index (κ1) is 18.6. The van der Waals surface area contributed by atoms with Gasteiger partial charge >= 0.3 is 0 Å². The van der Waals surface area contributed by atoms with Crippen LogP contribution in [0.1, 0.15) is 11.6 Å². The van der Waals surface area contributed by atoms with E-state index in [1.54, 1.807) is 6.20 Å². The quantitative estimate of drug-likeness (QED) is 0.781. The summed E-state index contributed by atoms with van der Waals surface area (Å²) in [7, 11) is 0. The Hall–Kier alpha value is 0.230. The van der Waals surface area contributed by atoms with Crippen molar-refractivity contribution in [3.63, 3.8) is 0 Å². The zero-order chi connectivity index (χ0) is 9.10. The molecule has 0 saturated carbocycles. The summed E-state index contributed by atoms with van der Waals surface area (Å²) in [6.07, 6.45) is 1.71. The van der Waals surface area contributed by atoms with E-state index in [9.17, 15) is 0 Å². The summed E-state index contributed by atoms with van der Waals surface area (Å²) in [5.74, 6) is 0. The van der Waals surface area contributed by atoms with Gasteiger partial charge in [-0.3, -0.25) is 0 Å². The molecule has 3 nitrogen and oxygen atoms in total. The predicted molar refractivity (Wildman–Crippen MR) is 74.6 cm³/mol. The van der Waals surface area contributed by atoms with Crippen LogP contribution in [0.15, 0.2) is 18.3 Å². The van der Waals surface area contributed by atoms with E-state index in [1.807, 2.05) is 12.1 Å². The molecule has 7 heteroatoms. The topological polar surface area (TPSA) is 37.0 Å². The molecule has 1 aliphatic rings. The smallest absolute Gasteiger partial charge is 0.133 e. The van der Waals surface area contributed by atoms with Crippen molar-refractivity contribution in [2.75, 3.05) is 19.6 Å². The van der Waals surface area contributed by atoms with Gasteiger partial charge in [-0.2, -0.15) is 0 Å². The van der Waals surface area contributed by atoms with Gasteiger partial charge in [-0.1, -0.05) is 17.7 Å². The minimum absolute atomic E-state index is 0. The molecule has 1 unspecified atom stereocenters. The second-order valence-electron chi connectivity index (χ2n) is 3.09. The molecule has 0 bridgehead atoms. The Balaban J connectivity index is 0. The first-order chi connectivity index (χ1) is 6.38. The average molecular weight is 307 g/mol. The lowest BCUT2D eigenvalue weighted by Crippen LogP contribution is -2.42. The lowest BCUT2D eigenvalue weighted by Gasteiger charge is -2.25. The van der Waals surface area contributed by atoms with Crippen molar-refractivity contribution < 1.29 is 0 Å². The number of aromatic nitrogens is 1. The van der Waals surface area contributed by atoms with Crippen LogP contribution in [0.4, 0.5) is 0 Å². The Morgan fingerprint density at radius 3 is 2.56 bits per heavy atom. The van der Waals surface area contributed by atoms with Crippen LogP contribution in [-0.4, -0.2) is 24.6 Å². The summed E-state index contributed by atoms with van der Waals surface area (Å²) < 4.78 is 0. The fraction of sp³-hybridized carbons (Fsp3) is 0.444. The standard InChI is InChI=1S/C9H12ClN3.3ClH/c10-9-7(2-1-3-13-9)8-6-11-4-5-12-8;;;/h1-3,8,11-12H,4-6H2;3*1H. The highest BCUT2D eigenvalue weighted by molar-refractivity contribution is 6.30. The van der Waals surface area contributed by atoms with Crippen LogP contribution in [0.2, 0.25) is 5.15 Å².